The summed E-state index contributed by atoms with van der Waals surface area (Å²) in [4.78, 5) is 33.0. The molecule has 0 aliphatic carbocycles. The van der Waals surface area contributed by atoms with Gasteiger partial charge in [-0.1, -0.05) is 47.5 Å². The quantitative estimate of drug-likeness (QED) is 0.241. The van der Waals surface area contributed by atoms with E-state index in [0.717, 1.165) is 7.69 Å². The molecule has 0 spiro atoms. The normalized spacial score (nSPS) is 10.3. The van der Waals surface area contributed by atoms with Crippen LogP contribution in [0.2, 0.25) is 10.0 Å². The Bertz CT molecular complexity index is 1360. The van der Waals surface area contributed by atoms with E-state index in [1.165, 1.54) is 24.3 Å². The Morgan fingerprint density at radius 2 is 1.08 bits per heavy atom. The van der Waals surface area contributed by atoms with Crippen LogP contribution in [0.25, 0.3) is 0 Å². The second-order valence-electron chi connectivity index (χ2n) is 7.36. The minimum absolute atomic E-state index is 0.000499. The molecule has 2 amide bonds. The van der Waals surface area contributed by atoms with Crippen molar-refractivity contribution in [2.45, 2.75) is 0 Å². The van der Waals surface area contributed by atoms with E-state index in [1.54, 1.807) is 48.5 Å². The first kappa shape index (κ1) is 25.6. The molecule has 0 bridgehead atoms. The maximum absolute atomic E-state index is 12.4. The molecule has 1 radical (unpaired) electrons. The summed E-state index contributed by atoms with van der Waals surface area (Å²) in [6.45, 7) is 0. The third-order valence-electron chi connectivity index (χ3n) is 4.84. The number of pyridine rings is 2. The van der Waals surface area contributed by atoms with Gasteiger partial charge in [-0.15, -0.1) is 0 Å². The van der Waals surface area contributed by atoms with E-state index in [0.29, 0.717) is 21.2 Å². The van der Waals surface area contributed by atoms with Crippen molar-refractivity contribution >= 4 is 66.0 Å². The van der Waals surface area contributed by atoms with Gasteiger partial charge in [0.2, 0.25) is 0 Å². The van der Waals surface area contributed by atoms with Gasteiger partial charge in [-0.2, -0.15) is 0 Å². The van der Waals surface area contributed by atoms with Gasteiger partial charge in [-0.3, -0.25) is 9.59 Å². The highest BCUT2D eigenvalue weighted by Crippen LogP contribution is 2.25. The largest absolute Gasteiger partial charge is 0.658 e. The summed E-state index contributed by atoms with van der Waals surface area (Å²) in [6, 6.07) is 19.2. The number of carbonyl (C=O) groups is 2. The molecular formula is C24H18BCl2N6O4. The van der Waals surface area contributed by atoms with Crippen molar-refractivity contribution in [2.75, 3.05) is 22.1 Å². The number of hydrogen-bond acceptors (Lipinski definition) is 8. The van der Waals surface area contributed by atoms with Gasteiger partial charge < -0.3 is 31.4 Å². The highest BCUT2D eigenvalue weighted by Gasteiger charge is 2.15. The zero-order valence-corrected chi connectivity index (χ0v) is 20.5. The van der Waals surface area contributed by atoms with Crippen LogP contribution >= 0.6 is 23.2 Å². The van der Waals surface area contributed by atoms with Crippen molar-refractivity contribution in [1.82, 2.24) is 9.97 Å². The second kappa shape index (κ2) is 11.5. The number of halogens is 2. The first-order valence-corrected chi connectivity index (χ1v) is 11.4. The number of amides is 2. The smallest absolute Gasteiger partial charge is 0.524 e. The maximum atomic E-state index is 12.4. The molecule has 6 N–H and O–H groups in total. The van der Waals surface area contributed by atoms with Gasteiger partial charge in [0.05, 0.1) is 21.2 Å². The summed E-state index contributed by atoms with van der Waals surface area (Å²) < 4.78 is 10.8. The van der Waals surface area contributed by atoms with Crippen molar-refractivity contribution in [3.05, 3.63) is 94.0 Å². The summed E-state index contributed by atoms with van der Waals surface area (Å²) in [6.07, 6.45) is 0. The number of hydrogen-bond donors (Lipinski definition) is 4. The van der Waals surface area contributed by atoms with E-state index < -0.39 is 11.8 Å². The molecule has 0 saturated heterocycles. The predicted molar refractivity (Wildman–Crippen MR) is 143 cm³/mol. The average Bonchev–Trinajstić information content (AvgIpc) is 2.87. The van der Waals surface area contributed by atoms with Crippen LogP contribution < -0.4 is 31.4 Å². The predicted octanol–water partition coefficient (Wildman–Crippen LogP) is 4.44. The number of nitrogens with zero attached hydrogens (tertiary/aromatic N) is 2. The van der Waals surface area contributed by atoms with Gasteiger partial charge >= 0.3 is 7.69 Å². The zero-order valence-electron chi connectivity index (χ0n) is 18.9. The minimum atomic E-state index is -0.435. The first-order chi connectivity index (χ1) is 17.8. The van der Waals surface area contributed by atoms with E-state index in [-0.39, 0.29) is 34.8 Å². The van der Waals surface area contributed by atoms with E-state index >= 15 is 0 Å². The molecule has 4 rings (SSSR count). The summed E-state index contributed by atoms with van der Waals surface area (Å²) in [5.74, 6) is -0.110. The minimum Gasteiger partial charge on any atom is -0.524 e. The molecule has 0 fully saturated rings. The SMILES string of the molecule is Nc1nc(NC(=O)c2ccccc2Cl)ccc1O[B]Oc1ccc(NC(=O)c2ccccc2Cl)nc1N. The van der Waals surface area contributed by atoms with Gasteiger partial charge in [0.15, 0.2) is 11.6 Å². The second-order valence-corrected chi connectivity index (χ2v) is 8.17. The van der Waals surface area contributed by atoms with Gasteiger partial charge in [-0.25, -0.2) is 9.97 Å². The highest BCUT2D eigenvalue weighted by molar-refractivity contribution is 6.34. The van der Waals surface area contributed by atoms with Gasteiger partial charge in [-0.05, 0) is 48.5 Å². The summed E-state index contributed by atoms with van der Waals surface area (Å²) >= 11 is 12.1. The zero-order chi connectivity index (χ0) is 26.4. The molecule has 2 aromatic carbocycles. The lowest BCUT2D eigenvalue weighted by Crippen LogP contribution is -2.16. The van der Waals surface area contributed by atoms with Gasteiger partial charge in [0.25, 0.3) is 11.8 Å². The average molecular weight is 536 g/mol. The highest BCUT2D eigenvalue weighted by atomic mass is 35.5. The molecule has 0 saturated carbocycles. The fraction of sp³-hybridized carbons (Fsp3) is 0. The number of rotatable bonds is 8. The Kier molecular flexibility index (Phi) is 7.97. The van der Waals surface area contributed by atoms with E-state index in [2.05, 4.69) is 20.6 Å². The Labute approximate surface area is 222 Å². The van der Waals surface area contributed by atoms with Crippen LogP contribution in [0.15, 0.2) is 72.8 Å². The molecular weight excluding hydrogens is 518 g/mol. The molecule has 0 atom stereocenters. The fourth-order valence-electron chi connectivity index (χ4n) is 3.05. The summed E-state index contributed by atoms with van der Waals surface area (Å²) in [5.41, 5.74) is 12.4. The van der Waals surface area contributed by atoms with E-state index in [4.69, 9.17) is 44.0 Å². The van der Waals surface area contributed by atoms with Crippen LogP contribution in [-0.2, 0) is 0 Å². The monoisotopic (exact) mass is 535 g/mol. The fourth-order valence-corrected chi connectivity index (χ4v) is 3.49. The molecule has 37 heavy (non-hydrogen) atoms. The van der Waals surface area contributed by atoms with Crippen molar-refractivity contribution < 1.29 is 18.9 Å². The first-order valence-electron chi connectivity index (χ1n) is 10.6. The third-order valence-corrected chi connectivity index (χ3v) is 5.50. The molecule has 2 heterocycles. The maximum Gasteiger partial charge on any atom is 0.658 e. The number of carbonyl (C=O) groups excluding carboxylic acids is 2. The van der Waals surface area contributed by atoms with Crippen molar-refractivity contribution in [2.24, 2.45) is 0 Å². The third kappa shape index (κ3) is 6.40. The standard InChI is InChI=1S/C24H18BCl2N6O4/c26-15-7-3-1-5-13(15)23(34)32-19-11-9-17(21(28)30-19)36-25-37-18-10-12-20(31-22(18)29)33-24(35)14-6-2-4-8-16(14)27/h1-12H,(H3,28,30,32,34)(H3,29,31,33,35). The number of anilines is 4. The van der Waals surface area contributed by atoms with E-state index in [9.17, 15) is 9.59 Å². The molecule has 13 heteroatoms. The number of benzene rings is 2. The van der Waals surface area contributed by atoms with Crippen LogP contribution in [0, 0.1) is 0 Å². The van der Waals surface area contributed by atoms with Crippen molar-refractivity contribution in [3.8, 4) is 11.5 Å². The molecule has 4 aromatic rings. The van der Waals surface area contributed by atoms with Crippen LogP contribution in [0.1, 0.15) is 20.7 Å². The molecule has 0 aliphatic rings. The molecule has 0 aliphatic heterocycles. The van der Waals surface area contributed by atoms with Crippen LogP contribution in [0.3, 0.4) is 0 Å². The summed E-state index contributed by atoms with van der Waals surface area (Å²) in [7, 11) is 0.991. The molecule has 10 nitrogen and oxygen atoms in total. The Hall–Kier alpha value is -4.48. The topological polar surface area (TPSA) is 154 Å². The van der Waals surface area contributed by atoms with E-state index in [1.807, 2.05) is 0 Å². The lowest BCUT2D eigenvalue weighted by Gasteiger charge is -2.12. The van der Waals surface area contributed by atoms with Gasteiger partial charge in [0.1, 0.15) is 23.1 Å². The molecule has 185 valence electrons. The summed E-state index contributed by atoms with van der Waals surface area (Å²) in [5, 5.41) is 5.85. The van der Waals surface area contributed by atoms with Crippen molar-refractivity contribution in [3.63, 3.8) is 0 Å². The number of nitrogens with one attached hydrogen (secondary N) is 2. The Morgan fingerprint density at radius 1 is 0.676 bits per heavy atom. The number of aromatic nitrogens is 2. The van der Waals surface area contributed by atoms with Crippen LogP contribution in [-0.4, -0.2) is 29.5 Å². The number of nitrogen functional groups attached to an aromatic ring is 2. The van der Waals surface area contributed by atoms with Gasteiger partial charge in [0, 0.05) is 0 Å². The van der Waals surface area contributed by atoms with Crippen LogP contribution in [0.5, 0.6) is 11.5 Å². The Balaban J connectivity index is 1.32. The van der Waals surface area contributed by atoms with Crippen molar-refractivity contribution in [1.29, 1.82) is 0 Å². The Morgan fingerprint density at radius 3 is 1.46 bits per heavy atom. The molecule has 2 aromatic heterocycles. The number of nitrogens with two attached hydrogens (primary N) is 2. The van der Waals surface area contributed by atoms with Crippen LogP contribution in [0.4, 0.5) is 23.3 Å². The lowest BCUT2D eigenvalue weighted by atomic mass is 10.2. The molecule has 0 unspecified atom stereocenters. The lowest BCUT2D eigenvalue weighted by molar-refractivity contribution is 0.101.